The molecule has 0 spiro atoms. The summed E-state index contributed by atoms with van der Waals surface area (Å²) >= 11 is 0. The van der Waals surface area contributed by atoms with Gasteiger partial charge in [-0.15, -0.1) is 0 Å². The first-order chi connectivity index (χ1) is 8.79. The number of nitrogens with one attached hydrogen (secondary N) is 1. The molecule has 1 aromatic heterocycles. The molecule has 1 aliphatic rings. The number of rotatable bonds is 6. The van der Waals surface area contributed by atoms with Crippen LogP contribution in [0, 0.1) is 0 Å². The molecule has 1 N–H and O–H groups in total. The van der Waals surface area contributed by atoms with Crippen molar-refractivity contribution in [2.75, 3.05) is 13.1 Å². The Hall–Kier alpha value is -1.29. The summed E-state index contributed by atoms with van der Waals surface area (Å²) < 4.78 is 5.28. The summed E-state index contributed by atoms with van der Waals surface area (Å²) in [5.41, 5.74) is 0. The van der Waals surface area contributed by atoms with Crippen LogP contribution in [0.2, 0.25) is 0 Å². The summed E-state index contributed by atoms with van der Waals surface area (Å²) in [7, 11) is 0. The predicted molar refractivity (Wildman–Crippen MR) is 70.1 cm³/mol. The van der Waals surface area contributed by atoms with E-state index in [9.17, 15) is 4.79 Å². The number of nitrogens with zero attached hydrogens (tertiary/aromatic N) is 1. The fraction of sp³-hybridized carbons (Fsp3) is 0.643. The van der Waals surface area contributed by atoms with Gasteiger partial charge in [-0.2, -0.15) is 0 Å². The topological polar surface area (TPSA) is 45.5 Å². The third-order valence-electron chi connectivity index (χ3n) is 3.56. The lowest BCUT2D eigenvalue weighted by Crippen LogP contribution is -2.40. The summed E-state index contributed by atoms with van der Waals surface area (Å²) in [6, 6.07) is 4.29. The first-order valence-corrected chi connectivity index (χ1v) is 6.83. The van der Waals surface area contributed by atoms with Gasteiger partial charge in [0.1, 0.15) is 5.76 Å². The number of likely N-dealkylation sites (N-methyl/N-ethyl adjacent to an activating group) is 1. The highest BCUT2D eigenvalue weighted by atomic mass is 16.3. The SMILES string of the molecule is CCN(Cc1ccco1)C(=O)CNC1CCCC1. The minimum absolute atomic E-state index is 0.154. The molecule has 0 unspecified atom stereocenters. The van der Waals surface area contributed by atoms with Crippen LogP contribution in [0.1, 0.15) is 38.4 Å². The van der Waals surface area contributed by atoms with E-state index in [1.807, 2.05) is 24.0 Å². The predicted octanol–water partition coefficient (Wildman–Crippen LogP) is 2.16. The normalized spacial score (nSPS) is 16.1. The highest BCUT2D eigenvalue weighted by Crippen LogP contribution is 2.17. The minimum Gasteiger partial charge on any atom is -0.467 e. The second-order valence-electron chi connectivity index (χ2n) is 4.85. The van der Waals surface area contributed by atoms with Gasteiger partial charge >= 0.3 is 0 Å². The summed E-state index contributed by atoms with van der Waals surface area (Å²) in [4.78, 5) is 13.9. The number of hydrogen-bond donors (Lipinski definition) is 1. The maximum absolute atomic E-state index is 12.1. The number of carbonyl (C=O) groups excluding carboxylic acids is 1. The van der Waals surface area contributed by atoms with E-state index < -0.39 is 0 Å². The standard InChI is InChI=1S/C14H22N2O2/c1-2-16(11-13-8-5-9-18-13)14(17)10-15-12-6-3-4-7-12/h5,8-9,12,15H,2-4,6-7,10-11H2,1H3. The van der Waals surface area contributed by atoms with Crippen molar-refractivity contribution in [3.05, 3.63) is 24.2 Å². The molecule has 0 atom stereocenters. The summed E-state index contributed by atoms with van der Waals surface area (Å²) in [6.45, 7) is 3.72. The molecule has 1 amide bonds. The number of hydrogen-bond acceptors (Lipinski definition) is 3. The van der Waals surface area contributed by atoms with E-state index in [4.69, 9.17) is 4.42 Å². The van der Waals surface area contributed by atoms with Crippen molar-refractivity contribution in [3.8, 4) is 0 Å². The molecule has 1 aliphatic carbocycles. The van der Waals surface area contributed by atoms with Crippen LogP contribution < -0.4 is 5.32 Å². The third-order valence-corrected chi connectivity index (χ3v) is 3.56. The van der Waals surface area contributed by atoms with Gasteiger partial charge in [0.25, 0.3) is 0 Å². The number of amides is 1. The fourth-order valence-corrected chi connectivity index (χ4v) is 2.44. The summed E-state index contributed by atoms with van der Waals surface area (Å²) in [6.07, 6.45) is 6.63. The molecule has 4 nitrogen and oxygen atoms in total. The van der Waals surface area contributed by atoms with Crippen molar-refractivity contribution >= 4 is 5.91 Å². The Kier molecular flexibility index (Phi) is 4.81. The zero-order chi connectivity index (χ0) is 12.8. The molecular formula is C14H22N2O2. The van der Waals surface area contributed by atoms with Gasteiger partial charge in [-0.3, -0.25) is 4.79 Å². The van der Waals surface area contributed by atoms with E-state index in [1.165, 1.54) is 25.7 Å². The molecule has 18 heavy (non-hydrogen) atoms. The zero-order valence-corrected chi connectivity index (χ0v) is 11.0. The van der Waals surface area contributed by atoms with Gasteiger partial charge < -0.3 is 14.6 Å². The molecule has 1 fully saturated rings. The lowest BCUT2D eigenvalue weighted by atomic mass is 10.2. The van der Waals surface area contributed by atoms with Crippen molar-refractivity contribution in [1.82, 2.24) is 10.2 Å². The molecule has 0 aromatic carbocycles. The average molecular weight is 250 g/mol. The van der Waals surface area contributed by atoms with Gasteiger partial charge in [0.05, 0.1) is 19.4 Å². The van der Waals surface area contributed by atoms with Gasteiger partial charge in [-0.25, -0.2) is 0 Å². The Morgan fingerprint density at radius 3 is 2.89 bits per heavy atom. The molecule has 4 heteroatoms. The largest absolute Gasteiger partial charge is 0.467 e. The maximum atomic E-state index is 12.1. The van der Waals surface area contributed by atoms with E-state index >= 15 is 0 Å². The van der Waals surface area contributed by atoms with E-state index in [0.717, 1.165) is 5.76 Å². The van der Waals surface area contributed by atoms with Crippen LogP contribution in [0.4, 0.5) is 0 Å². The zero-order valence-electron chi connectivity index (χ0n) is 11.0. The molecule has 0 aliphatic heterocycles. The smallest absolute Gasteiger partial charge is 0.236 e. The van der Waals surface area contributed by atoms with Gasteiger partial charge in [-0.05, 0) is 31.9 Å². The molecular weight excluding hydrogens is 228 g/mol. The van der Waals surface area contributed by atoms with Crippen molar-refractivity contribution in [2.45, 2.75) is 45.2 Å². The van der Waals surface area contributed by atoms with E-state index in [0.29, 0.717) is 25.7 Å². The molecule has 0 saturated heterocycles. The Morgan fingerprint density at radius 1 is 1.50 bits per heavy atom. The van der Waals surface area contributed by atoms with Gasteiger partial charge in [0.2, 0.25) is 5.91 Å². The van der Waals surface area contributed by atoms with Crippen molar-refractivity contribution in [3.63, 3.8) is 0 Å². The lowest BCUT2D eigenvalue weighted by Gasteiger charge is -2.21. The third kappa shape index (κ3) is 3.60. The van der Waals surface area contributed by atoms with Gasteiger partial charge in [-0.1, -0.05) is 12.8 Å². The minimum atomic E-state index is 0.154. The summed E-state index contributed by atoms with van der Waals surface area (Å²) in [5, 5.41) is 3.35. The Morgan fingerprint density at radius 2 is 2.28 bits per heavy atom. The number of carbonyl (C=O) groups is 1. The van der Waals surface area contributed by atoms with Crippen molar-refractivity contribution in [2.24, 2.45) is 0 Å². The van der Waals surface area contributed by atoms with Crippen LogP contribution in [0.25, 0.3) is 0 Å². The second kappa shape index (κ2) is 6.59. The quantitative estimate of drug-likeness (QED) is 0.841. The van der Waals surface area contributed by atoms with Crippen LogP contribution in [0.3, 0.4) is 0 Å². The van der Waals surface area contributed by atoms with Crippen LogP contribution in [0.5, 0.6) is 0 Å². The van der Waals surface area contributed by atoms with E-state index in [1.54, 1.807) is 6.26 Å². The van der Waals surface area contributed by atoms with Gasteiger partial charge in [0.15, 0.2) is 0 Å². The van der Waals surface area contributed by atoms with E-state index in [2.05, 4.69) is 5.32 Å². The van der Waals surface area contributed by atoms with Crippen molar-refractivity contribution < 1.29 is 9.21 Å². The monoisotopic (exact) mass is 250 g/mol. The molecule has 2 rings (SSSR count). The molecule has 0 radical (unpaired) electrons. The Labute approximate surface area is 108 Å². The molecule has 1 saturated carbocycles. The fourth-order valence-electron chi connectivity index (χ4n) is 2.44. The highest BCUT2D eigenvalue weighted by Gasteiger charge is 2.18. The van der Waals surface area contributed by atoms with E-state index in [-0.39, 0.29) is 5.91 Å². The molecule has 100 valence electrons. The summed E-state index contributed by atoms with van der Waals surface area (Å²) in [5.74, 6) is 0.992. The molecule has 0 bridgehead atoms. The van der Waals surface area contributed by atoms with Crippen molar-refractivity contribution in [1.29, 1.82) is 0 Å². The molecule has 1 aromatic rings. The van der Waals surface area contributed by atoms with Crippen LogP contribution in [0.15, 0.2) is 22.8 Å². The van der Waals surface area contributed by atoms with Crippen LogP contribution in [-0.2, 0) is 11.3 Å². The molecule has 1 heterocycles. The first-order valence-electron chi connectivity index (χ1n) is 6.83. The van der Waals surface area contributed by atoms with Crippen LogP contribution >= 0.6 is 0 Å². The lowest BCUT2D eigenvalue weighted by molar-refractivity contribution is -0.131. The van der Waals surface area contributed by atoms with Gasteiger partial charge in [0, 0.05) is 12.6 Å². The second-order valence-corrected chi connectivity index (χ2v) is 4.85. The highest BCUT2D eigenvalue weighted by molar-refractivity contribution is 5.78. The Bertz CT molecular complexity index is 356. The first kappa shape index (κ1) is 13.1. The van der Waals surface area contributed by atoms with Crippen LogP contribution in [-0.4, -0.2) is 29.9 Å². The number of furan rings is 1. The average Bonchev–Trinajstić information content (AvgIpc) is 3.06. The maximum Gasteiger partial charge on any atom is 0.236 e. The Balaban J connectivity index is 1.77.